The Bertz CT molecular complexity index is 54.6. The third-order valence-electron chi connectivity index (χ3n) is 0.500. The van der Waals surface area contributed by atoms with Crippen molar-refractivity contribution >= 4 is 14.1 Å². The molecule has 1 nitrogen and oxygen atoms in total. The summed E-state index contributed by atoms with van der Waals surface area (Å²) in [6, 6.07) is 0. The lowest BCUT2D eigenvalue weighted by atomic mass is 10.9. The van der Waals surface area contributed by atoms with Gasteiger partial charge in [0.25, 0.3) is 0 Å². The molecule has 0 aliphatic rings. The minimum Gasteiger partial charge on any atom is -0.393 e. The Morgan fingerprint density at radius 3 is 2.17 bits per heavy atom. The van der Waals surface area contributed by atoms with Crippen molar-refractivity contribution in [3.63, 3.8) is 0 Å². The summed E-state index contributed by atoms with van der Waals surface area (Å²) in [7, 11) is -0.261. The van der Waals surface area contributed by atoms with Crippen LogP contribution in [-0.4, -0.2) is 25.8 Å². The average Bonchev–Trinajstić information content (AvgIpc) is 1.35. The lowest BCUT2D eigenvalue weighted by Gasteiger charge is -1.78. The van der Waals surface area contributed by atoms with E-state index in [1.54, 1.807) is 0 Å². The van der Waals surface area contributed by atoms with Crippen LogP contribution in [-0.2, 0) is 0 Å². The van der Waals surface area contributed by atoms with Gasteiger partial charge in [-0.2, -0.15) is 0 Å². The Morgan fingerprint density at radius 2 is 2.17 bits per heavy atom. The summed E-state index contributed by atoms with van der Waals surface area (Å²) in [4.78, 5) is 0. The molecule has 0 rings (SSSR count). The maximum atomic E-state index is 8.21. The molecule has 0 aromatic heterocycles. The Balaban J connectivity index is 3.14. The van der Waals surface area contributed by atoms with Crippen LogP contribution in [0.4, 0.5) is 0 Å². The molecule has 0 radical (unpaired) electrons. The molecule has 2 heteroatoms. The molecule has 0 unspecified atom stereocenters. The number of aliphatic hydroxyl groups is 1. The zero-order valence-corrected chi connectivity index (χ0v) is 5.23. The topological polar surface area (TPSA) is 20.2 Å². The summed E-state index contributed by atoms with van der Waals surface area (Å²) in [5.74, 6) is 0. The minimum atomic E-state index is -0.261. The fraction of sp³-hybridized carbons (Fsp3) is 0.750. The second-order valence-electron chi connectivity index (χ2n) is 1.46. The number of hydrogen-bond acceptors (Lipinski definition) is 1. The molecule has 1 N–H and O–H groups in total. The molecule has 0 fully saturated rings. The predicted molar refractivity (Wildman–Crippen MR) is 30.6 cm³/mol. The Kier molecular flexibility index (Phi) is 3.27. The lowest BCUT2D eigenvalue weighted by Crippen LogP contribution is -1.94. The van der Waals surface area contributed by atoms with E-state index >= 15 is 0 Å². The van der Waals surface area contributed by atoms with Crippen molar-refractivity contribution in [2.24, 2.45) is 0 Å². The quantitative estimate of drug-likeness (QED) is 0.466. The molecule has 0 spiro atoms. The zero-order valence-electron chi connectivity index (χ0n) is 4.23. The monoisotopic (exact) mass is 102 g/mol. The maximum absolute atomic E-state index is 8.21. The molecular weight excluding hydrogens is 92.1 g/mol. The first-order chi connectivity index (χ1) is 2.77. The van der Waals surface area contributed by atoms with E-state index in [2.05, 4.69) is 13.1 Å². The van der Waals surface area contributed by atoms with Crippen LogP contribution in [0.25, 0.3) is 0 Å². The molecule has 0 aliphatic heterocycles. The van der Waals surface area contributed by atoms with Crippen LogP contribution >= 0.6 is 0 Å². The van der Waals surface area contributed by atoms with Crippen molar-refractivity contribution < 1.29 is 5.11 Å². The third kappa shape index (κ3) is 4.05. The van der Waals surface area contributed by atoms with Gasteiger partial charge < -0.3 is 5.11 Å². The highest BCUT2D eigenvalue weighted by molar-refractivity contribution is 6.63. The molecule has 0 bridgehead atoms. The molecule has 0 aromatic rings. The van der Waals surface area contributed by atoms with E-state index in [0.29, 0.717) is 0 Å². The van der Waals surface area contributed by atoms with Gasteiger partial charge in [0.1, 0.15) is 0 Å². The maximum Gasteiger partial charge on any atom is 0.0573 e. The van der Waals surface area contributed by atoms with Crippen molar-refractivity contribution in [1.29, 1.82) is 0 Å². The molecule has 0 atom stereocenters. The first-order valence-electron chi connectivity index (χ1n) is 2.01. The SMILES string of the molecule is C[Si](C)=CCO. The summed E-state index contributed by atoms with van der Waals surface area (Å²) in [5, 5.41) is 8.21. The van der Waals surface area contributed by atoms with Crippen molar-refractivity contribution in [1.82, 2.24) is 0 Å². The smallest absolute Gasteiger partial charge is 0.0573 e. The molecule has 0 aromatic carbocycles. The fourth-order valence-electron chi connectivity index (χ4n) is 0.183. The Hall–Kier alpha value is 0.0469. The van der Waals surface area contributed by atoms with Crippen LogP contribution in [0, 0.1) is 0 Å². The van der Waals surface area contributed by atoms with Gasteiger partial charge in [-0.3, -0.25) is 0 Å². The molecule has 0 saturated heterocycles. The van der Waals surface area contributed by atoms with Gasteiger partial charge in [0.15, 0.2) is 0 Å². The molecule has 6 heavy (non-hydrogen) atoms. The van der Waals surface area contributed by atoms with Crippen LogP contribution < -0.4 is 0 Å². The summed E-state index contributed by atoms with van der Waals surface area (Å²) in [6.07, 6.45) is 0. The molecule has 0 amide bonds. The van der Waals surface area contributed by atoms with Crippen LogP contribution in [0.3, 0.4) is 0 Å². The van der Waals surface area contributed by atoms with Gasteiger partial charge in [-0.1, -0.05) is 18.8 Å². The van der Waals surface area contributed by atoms with Crippen LogP contribution in [0.1, 0.15) is 0 Å². The fourth-order valence-corrected chi connectivity index (χ4v) is 0.548. The lowest BCUT2D eigenvalue weighted by molar-refractivity contribution is 0.363. The van der Waals surface area contributed by atoms with Crippen molar-refractivity contribution in [3.05, 3.63) is 0 Å². The van der Waals surface area contributed by atoms with E-state index in [-0.39, 0.29) is 15.0 Å². The highest BCUT2D eigenvalue weighted by atomic mass is 28.2. The van der Waals surface area contributed by atoms with E-state index in [4.69, 9.17) is 5.11 Å². The van der Waals surface area contributed by atoms with Crippen molar-refractivity contribution in [2.45, 2.75) is 13.1 Å². The van der Waals surface area contributed by atoms with Gasteiger partial charge in [0, 0.05) is 8.41 Å². The van der Waals surface area contributed by atoms with E-state index in [0.717, 1.165) is 0 Å². The van der Waals surface area contributed by atoms with Crippen LogP contribution in [0.2, 0.25) is 13.1 Å². The second kappa shape index (κ2) is 3.25. The van der Waals surface area contributed by atoms with Gasteiger partial charge in [0.2, 0.25) is 0 Å². The number of hydrogen-bond donors (Lipinski definition) is 1. The largest absolute Gasteiger partial charge is 0.393 e. The summed E-state index contributed by atoms with van der Waals surface area (Å²) in [6.45, 7) is 4.53. The van der Waals surface area contributed by atoms with Crippen molar-refractivity contribution in [2.75, 3.05) is 6.61 Å². The van der Waals surface area contributed by atoms with Gasteiger partial charge in [-0.15, -0.1) is 0 Å². The molecule has 36 valence electrons. The van der Waals surface area contributed by atoms with Gasteiger partial charge in [0.05, 0.1) is 6.61 Å². The second-order valence-corrected chi connectivity index (χ2v) is 4.03. The Labute approximate surface area is 39.8 Å². The molecular formula is C4H10OSi. The van der Waals surface area contributed by atoms with E-state index in [1.807, 2.05) is 5.67 Å². The molecule has 0 saturated carbocycles. The Morgan fingerprint density at radius 1 is 1.67 bits per heavy atom. The summed E-state index contributed by atoms with van der Waals surface area (Å²) >= 11 is 0. The normalized spacial score (nSPS) is 7.83. The van der Waals surface area contributed by atoms with Crippen molar-refractivity contribution in [3.8, 4) is 0 Å². The van der Waals surface area contributed by atoms with E-state index < -0.39 is 0 Å². The standard InChI is InChI=1S/C4H10OSi/c1-6(2)4-3-5/h4-5H,3H2,1-2H3. The number of aliphatic hydroxyl groups excluding tert-OH is 1. The zero-order chi connectivity index (χ0) is 4.99. The highest BCUT2D eigenvalue weighted by Gasteiger charge is 1.70. The first kappa shape index (κ1) is 6.05. The van der Waals surface area contributed by atoms with E-state index in [9.17, 15) is 0 Å². The van der Waals surface area contributed by atoms with Gasteiger partial charge in [-0.25, -0.2) is 0 Å². The highest BCUT2D eigenvalue weighted by Crippen LogP contribution is 1.57. The summed E-state index contributed by atoms with van der Waals surface area (Å²) < 4.78 is 0. The van der Waals surface area contributed by atoms with Crippen LogP contribution in [0.5, 0.6) is 0 Å². The van der Waals surface area contributed by atoms with E-state index in [1.165, 1.54) is 0 Å². The predicted octanol–water partition coefficient (Wildman–Crippen LogP) is 0.117. The first-order valence-corrected chi connectivity index (χ1v) is 4.59. The molecule has 0 heterocycles. The van der Waals surface area contributed by atoms with Crippen LogP contribution in [0.15, 0.2) is 0 Å². The third-order valence-corrected chi connectivity index (χ3v) is 1.50. The molecule has 0 aliphatic carbocycles. The van der Waals surface area contributed by atoms with Gasteiger partial charge >= 0.3 is 0 Å². The minimum absolute atomic E-state index is 0.251. The average molecular weight is 102 g/mol. The number of rotatable bonds is 1. The summed E-state index contributed by atoms with van der Waals surface area (Å²) in [5.41, 5.74) is 1.95. The van der Waals surface area contributed by atoms with Gasteiger partial charge in [-0.05, 0) is 0 Å².